The molecule has 1 heterocycles. The molecule has 2 N–H and O–H groups in total. The van der Waals surface area contributed by atoms with E-state index in [1.54, 1.807) is 23.5 Å². The lowest BCUT2D eigenvalue weighted by molar-refractivity contribution is 0.0977. The summed E-state index contributed by atoms with van der Waals surface area (Å²) in [6.07, 6.45) is 5.76. The van der Waals surface area contributed by atoms with Crippen LogP contribution in [0.1, 0.15) is 46.1 Å². The maximum atomic E-state index is 12.3. The zero-order valence-corrected chi connectivity index (χ0v) is 18.0. The van der Waals surface area contributed by atoms with Crippen molar-refractivity contribution in [1.29, 1.82) is 0 Å². The summed E-state index contributed by atoms with van der Waals surface area (Å²) in [5.41, 5.74) is 5.65. The number of rotatable bonds is 4. The summed E-state index contributed by atoms with van der Waals surface area (Å²) in [7, 11) is 0. The lowest BCUT2D eigenvalue weighted by atomic mass is 9.90. The Labute approximate surface area is 180 Å². The number of thiazole rings is 1. The first-order chi connectivity index (χ1) is 14.1. The van der Waals surface area contributed by atoms with Gasteiger partial charge in [-0.15, -0.1) is 11.3 Å². The van der Waals surface area contributed by atoms with Crippen molar-refractivity contribution < 1.29 is 4.79 Å². The van der Waals surface area contributed by atoms with Crippen LogP contribution in [0.15, 0.2) is 48.5 Å². The number of benzene rings is 2. The summed E-state index contributed by atoms with van der Waals surface area (Å²) < 4.78 is 0. The highest BCUT2D eigenvalue weighted by Crippen LogP contribution is 2.34. The largest absolute Gasteiger partial charge is 0.308 e. The lowest BCUT2D eigenvalue weighted by Crippen LogP contribution is -2.34. The molecule has 0 aliphatic heterocycles. The Kier molecular flexibility index (Phi) is 6.02. The first kappa shape index (κ1) is 19.7. The molecule has 0 saturated heterocycles. The number of hydrogen-bond donors (Lipinski definition) is 2. The van der Waals surface area contributed by atoms with Crippen LogP contribution in [-0.2, 0) is 19.3 Å². The van der Waals surface area contributed by atoms with Gasteiger partial charge in [-0.2, -0.15) is 0 Å². The number of aryl methyl sites for hydroxylation is 3. The highest BCUT2D eigenvalue weighted by molar-refractivity contribution is 7.80. The predicted molar refractivity (Wildman–Crippen MR) is 124 cm³/mol. The van der Waals surface area contributed by atoms with E-state index in [9.17, 15) is 4.79 Å². The van der Waals surface area contributed by atoms with Crippen LogP contribution < -0.4 is 10.6 Å². The Morgan fingerprint density at radius 3 is 2.62 bits per heavy atom. The lowest BCUT2D eigenvalue weighted by Gasteiger charge is -2.16. The normalized spacial score (nSPS) is 12.9. The summed E-state index contributed by atoms with van der Waals surface area (Å²) in [6, 6.07) is 15.8. The molecule has 0 atom stereocenters. The van der Waals surface area contributed by atoms with Crippen molar-refractivity contribution in [2.24, 2.45) is 0 Å². The molecule has 148 valence electrons. The minimum atomic E-state index is -0.231. The predicted octanol–water partition coefficient (Wildman–Crippen LogP) is 5.38. The smallest absolute Gasteiger partial charge is 0.257 e. The van der Waals surface area contributed by atoms with Gasteiger partial charge in [0.25, 0.3) is 5.91 Å². The van der Waals surface area contributed by atoms with Crippen molar-refractivity contribution in [3.8, 4) is 11.3 Å². The fourth-order valence-electron chi connectivity index (χ4n) is 3.64. The third kappa shape index (κ3) is 4.54. The number of nitrogens with one attached hydrogen (secondary N) is 2. The number of carbonyl (C=O) groups is 1. The second-order valence-electron chi connectivity index (χ2n) is 7.11. The first-order valence-corrected chi connectivity index (χ1v) is 11.2. The molecule has 1 aromatic heterocycles. The standard InChI is InChI=1S/C23H23N3OS2/c1-2-19-20(18-13-12-15-8-6-7-11-17(15)14-18)24-23(29-19)26-22(28)25-21(27)16-9-4-3-5-10-16/h3-5,9-10,12-14H,2,6-8,11H2,1H3,(H2,24,25,26,27,28). The van der Waals surface area contributed by atoms with Gasteiger partial charge in [0.15, 0.2) is 10.2 Å². The van der Waals surface area contributed by atoms with E-state index in [0.29, 0.717) is 10.7 Å². The van der Waals surface area contributed by atoms with Crippen molar-refractivity contribution in [2.45, 2.75) is 39.0 Å². The third-order valence-corrected chi connectivity index (χ3v) is 6.44. The van der Waals surface area contributed by atoms with E-state index in [0.717, 1.165) is 24.1 Å². The van der Waals surface area contributed by atoms with E-state index < -0.39 is 0 Å². The van der Waals surface area contributed by atoms with Crippen LogP contribution in [0, 0.1) is 0 Å². The van der Waals surface area contributed by atoms with E-state index in [2.05, 4.69) is 35.8 Å². The molecule has 4 rings (SSSR count). The molecule has 0 fully saturated rings. The molecule has 0 unspecified atom stereocenters. The van der Waals surface area contributed by atoms with Crippen LogP contribution in [0.2, 0.25) is 0 Å². The zero-order chi connectivity index (χ0) is 20.2. The summed E-state index contributed by atoms with van der Waals surface area (Å²) in [5.74, 6) is -0.231. The van der Waals surface area contributed by atoms with Crippen LogP contribution in [0.5, 0.6) is 0 Å². The van der Waals surface area contributed by atoms with Gasteiger partial charge in [-0.25, -0.2) is 4.98 Å². The number of carbonyl (C=O) groups excluding carboxylic acids is 1. The molecular formula is C23H23N3OS2. The Balaban J connectivity index is 1.50. The minimum Gasteiger partial charge on any atom is -0.308 e. The van der Waals surface area contributed by atoms with Gasteiger partial charge in [-0.1, -0.05) is 37.3 Å². The van der Waals surface area contributed by atoms with Crippen molar-refractivity contribution in [2.75, 3.05) is 5.32 Å². The van der Waals surface area contributed by atoms with E-state index in [1.807, 2.05) is 18.2 Å². The quantitative estimate of drug-likeness (QED) is 0.556. The molecule has 0 spiro atoms. The number of hydrogen-bond acceptors (Lipinski definition) is 4. The Morgan fingerprint density at radius 2 is 1.86 bits per heavy atom. The van der Waals surface area contributed by atoms with Crippen molar-refractivity contribution in [3.63, 3.8) is 0 Å². The average Bonchev–Trinajstić information content (AvgIpc) is 3.16. The van der Waals surface area contributed by atoms with E-state index in [4.69, 9.17) is 17.2 Å². The van der Waals surface area contributed by atoms with Crippen LogP contribution in [-0.4, -0.2) is 16.0 Å². The number of nitrogens with zero attached hydrogens (tertiary/aromatic N) is 1. The first-order valence-electron chi connectivity index (χ1n) is 9.93. The molecule has 1 aliphatic rings. The summed E-state index contributed by atoms with van der Waals surface area (Å²) in [5, 5.41) is 6.76. The van der Waals surface area contributed by atoms with E-state index in [1.165, 1.54) is 35.3 Å². The van der Waals surface area contributed by atoms with Crippen LogP contribution in [0.3, 0.4) is 0 Å². The third-order valence-electron chi connectivity index (χ3n) is 5.12. The van der Waals surface area contributed by atoms with Gasteiger partial charge < -0.3 is 5.32 Å². The number of aromatic nitrogens is 1. The summed E-state index contributed by atoms with van der Waals surface area (Å²) >= 11 is 6.90. The second kappa shape index (κ2) is 8.84. The molecule has 1 amide bonds. The van der Waals surface area contributed by atoms with Gasteiger partial charge in [0, 0.05) is 16.0 Å². The summed E-state index contributed by atoms with van der Waals surface area (Å²) in [6.45, 7) is 2.13. The second-order valence-corrected chi connectivity index (χ2v) is 8.60. The minimum absolute atomic E-state index is 0.231. The molecular weight excluding hydrogens is 398 g/mol. The molecule has 0 bridgehead atoms. The van der Waals surface area contributed by atoms with Crippen molar-refractivity contribution in [3.05, 3.63) is 70.1 Å². The number of amides is 1. The maximum absolute atomic E-state index is 12.3. The van der Waals surface area contributed by atoms with Gasteiger partial charge >= 0.3 is 0 Å². The average molecular weight is 422 g/mol. The topological polar surface area (TPSA) is 54.0 Å². The van der Waals surface area contributed by atoms with Crippen LogP contribution in [0.25, 0.3) is 11.3 Å². The fourth-order valence-corrected chi connectivity index (χ4v) is 4.83. The molecule has 29 heavy (non-hydrogen) atoms. The molecule has 3 aromatic rings. The number of thiocarbonyl (C=S) groups is 1. The SMILES string of the molecule is CCc1sc(NC(=S)NC(=O)c2ccccc2)nc1-c1ccc2c(c1)CCCC2. The van der Waals surface area contributed by atoms with Crippen molar-refractivity contribution in [1.82, 2.24) is 10.3 Å². The number of fused-ring (bicyclic) bond motifs is 1. The monoisotopic (exact) mass is 421 g/mol. The van der Waals surface area contributed by atoms with Crippen LogP contribution >= 0.6 is 23.6 Å². The highest BCUT2D eigenvalue weighted by Gasteiger charge is 2.16. The number of anilines is 1. The fraction of sp³-hybridized carbons (Fsp3) is 0.261. The van der Waals surface area contributed by atoms with E-state index in [-0.39, 0.29) is 11.0 Å². The van der Waals surface area contributed by atoms with Gasteiger partial charge in [0.1, 0.15) is 0 Å². The Morgan fingerprint density at radius 1 is 1.10 bits per heavy atom. The van der Waals surface area contributed by atoms with E-state index >= 15 is 0 Å². The molecule has 0 saturated carbocycles. The molecule has 6 heteroatoms. The van der Waals surface area contributed by atoms with Gasteiger partial charge in [-0.3, -0.25) is 10.1 Å². The summed E-state index contributed by atoms with van der Waals surface area (Å²) in [4.78, 5) is 18.3. The van der Waals surface area contributed by atoms with Gasteiger partial charge in [0.2, 0.25) is 0 Å². The Bertz CT molecular complexity index is 1040. The maximum Gasteiger partial charge on any atom is 0.257 e. The molecule has 2 aromatic carbocycles. The molecule has 4 nitrogen and oxygen atoms in total. The van der Waals surface area contributed by atoms with Crippen molar-refractivity contribution >= 4 is 39.7 Å². The molecule has 0 radical (unpaired) electrons. The Hall–Kier alpha value is -2.57. The molecule has 1 aliphatic carbocycles. The zero-order valence-electron chi connectivity index (χ0n) is 16.3. The van der Waals surface area contributed by atoms with Gasteiger partial charge in [-0.05, 0) is 73.6 Å². The van der Waals surface area contributed by atoms with Gasteiger partial charge in [0.05, 0.1) is 5.69 Å². The van der Waals surface area contributed by atoms with Crippen LogP contribution in [0.4, 0.5) is 5.13 Å². The highest BCUT2D eigenvalue weighted by atomic mass is 32.1.